The summed E-state index contributed by atoms with van der Waals surface area (Å²) in [7, 11) is 6.54. The van der Waals surface area contributed by atoms with Crippen molar-refractivity contribution in [1.82, 2.24) is 5.32 Å². The number of rotatable bonds is 9. The fraction of sp³-hybridized carbons (Fsp3) is 0.250. The topological polar surface area (TPSA) is 49.0 Å². The van der Waals surface area contributed by atoms with Crippen LogP contribution in [0.5, 0.6) is 23.0 Å². The summed E-state index contributed by atoms with van der Waals surface area (Å²) < 4.78 is 22.0. The van der Waals surface area contributed by atoms with Gasteiger partial charge in [0, 0.05) is 12.1 Å². The van der Waals surface area contributed by atoms with E-state index in [2.05, 4.69) is 23.5 Å². The predicted molar refractivity (Wildman–Crippen MR) is 114 cm³/mol. The van der Waals surface area contributed by atoms with Crippen molar-refractivity contribution in [2.75, 3.05) is 28.4 Å². The molecule has 3 aromatic rings. The summed E-state index contributed by atoms with van der Waals surface area (Å²) in [6, 6.07) is 22.3. The Kier molecular flexibility index (Phi) is 6.98. The molecule has 0 saturated carbocycles. The van der Waals surface area contributed by atoms with Gasteiger partial charge in [-0.1, -0.05) is 48.5 Å². The van der Waals surface area contributed by atoms with Gasteiger partial charge in [0.05, 0.1) is 34.5 Å². The fourth-order valence-electron chi connectivity index (χ4n) is 3.42. The highest BCUT2D eigenvalue weighted by molar-refractivity contribution is 5.54. The Morgan fingerprint density at radius 2 is 1.28 bits per heavy atom. The van der Waals surface area contributed by atoms with E-state index in [9.17, 15) is 0 Å². The van der Waals surface area contributed by atoms with Crippen LogP contribution in [0.25, 0.3) is 0 Å². The van der Waals surface area contributed by atoms with Gasteiger partial charge in [-0.3, -0.25) is 0 Å². The van der Waals surface area contributed by atoms with Crippen molar-refractivity contribution in [2.24, 2.45) is 0 Å². The first-order chi connectivity index (χ1) is 14.2. The molecule has 1 atom stereocenters. The van der Waals surface area contributed by atoms with E-state index < -0.39 is 0 Å². The lowest BCUT2D eigenvalue weighted by atomic mass is 9.97. The molecule has 1 N–H and O–H groups in total. The van der Waals surface area contributed by atoms with Gasteiger partial charge in [-0.15, -0.1) is 0 Å². The minimum absolute atomic E-state index is 0.0357. The van der Waals surface area contributed by atoms with Crippen molar-refractivity contribution in [2.45, 2.75) is 12.6 Å². The highest BCUT2D eigenvalue weighted by Gasteiger charge is 2.19. The molecule has 0 aromatic heterocycles. The smallest absolute Gasteiger partial charge is 0.203 e. The maximum Gasteiger partial charge on any atom is 0.203 e. The Balaban J connectivity index is 1.94. The maximum absolute atomic E-state index is 5.61. The number of para-hydroxylation sites is 1. The minimum atomic E-state index is -0.0357. The van der Waals surface area contributed by atoms with Gasteiger partial charge in [0.1, 0.15) is 5.75 Å². The zero-order valence-corrected chi connectivity index (χ0v) is 17.3. The molecule has 1 unspecified atom stereocenters. The van der Waals surface area contributed by atoms with Crippen LogP contribution in [-0.2, 0) is 6.54 Å². The SMILES string of the molecule is COc1ccccc1C(NCc1cc(OC)c(OC)c(OC)c1)c1ccccc1. The van der Waals surface area contributed by atoms with Crippen LogP contribution in [0.3, 0.4) is 0 Å². The lowest BCUT2D eigenvalue weighted by Crippen LogP contribution is -2.22. The zero-order valence-electron chi connectivity index (χ0n) is 17.3. The molecule has 5 nitrogen and oxygen atoms in total. The molecule has 0 aliphatic carbocycles. The van der Waals surface area contributed by atoms with Crippen molar-refractivity contribution in [3.05, 3.63) is 83.4 Å². The first kappa shape index (κ1) is 20.6. The number of benzene rings is 3. The Bertz CT molecular complexity index is 902. The van der Waals surface area contributed by atoms with Gasteiger partial charge in [0.15, 0.2) is 11.5 Å². The monoisotopic (exact) mass is 393 g/mol. The second kappa shape index (κ2) is 9.85. The van der Waals surface area contributed by atoms with Crippen molar-refractivity contribution in [3.8, 4) is 23.0 Å². The lowest BCUT2D eigenvalue weighted by molar-refractivity contribution is 0.323. The Morgan fingerprint density at radius 3 is 1.86 bits per heavy atom. The molecule has 3 aromatic carbocycles. The van der Waals surface area contributed by atoms with Crippen LogP contribution in [0.15, 0.2) is 66.7 Å². The number of nitrogens with one attached hydrogen (secondary N) is 1. The van der Waals surface area contributed by atoms with Crippen LogP contribution in [0.1, 0.15) is 22.7 Å². The third-order valence-corrected chi connectivity index (χ3v) is 4.82. The molecule has 0 bridgehead atoms. The van der Waals surface area contributed by atoms with Crippen LogP contribution in [0, 0.1) is 0 Å². The lowest BCUT2D eigenvalue weighted by Gasteiger charge is -2.22. The standard InChI is InChI=1S/C24H27NO4/c1-26-20-13-9-8-12-19(20)23(18-10-6-5-7-11-18)25-16-17-14-21(27-2)24(29-4)22(15-17)28-3/h5-15,23,25H,16H2,1-4H3. The van der Waals surface area contributed by atoms with Gasteiger partial charge in [0.25, 0.3) is 0 Å². The van der Waals surface area contributed by atoms with E-state index in [4.69, 9.17) is 18.9 Å². The summed E-state index contributed by atoms with van der Waals surface area (Å²) in [6.07, 6.45) is 0. The molecule has 0 radical (unpaired) electrons. The van der Waals surface area contributed by atoms with Crippen LogP contribution >= 0.6 is 0 Å². The normalized spacial score (nSPS) is 11.6. The molecule has 0 fully saturated rings. The highest BCUT2D eigenvalue weighted by Crippen LogP contribution is 2.38. The zero-order chi connectivity index (χ0) is 20.6. The molecule has 29 heavy (non-hydrogen) atoms. The third kappa shape index (κ3) is 4.63. The van der Waals surface area contributed by atoms with E-state index in [-0.39, 0.29) is 6.04 Å². The van der Waals surface area contributed by atoms with E-state index >= 15 is 0 Å². The van der Waals surface area contributed by atoms with Crippen LogP contribution < -0.4 is 24.3 Å². The van der Waals surface area contributed by atoms with Gasteiger partial charge in [0.2, 0.25) is 5.75 Å². The second-order valence-electron chi connectivity index (χ2n) is 6.50. The summed E-state index contributed by atoms with van der Waals surface area (Å²) in [5.74, 6) is 2.70. The molecule has 0 spiro atoms. The van der Waals surface area contributed by atoms with E-state index in [1.165, 1.54) is 0 Å². The molecule has 0 heterocycles. The fourth-order valence-corrected chi connectivity index (χ4v) is 3.42. The molecule has 5 heteroatoms. The Labute approximate surface area is 172 Å². The molecule has 152 valence electrons. The number of methoxy groups -OCH3 is 4. The maximum atomic E-state index is 5.61. The van der Waals surface area contributed by atoms with Crippen LogP contribution in [-0.4, -0.2) is 28.4 Å². The Hall–Kier alpha value is -3.18. The summed E-state index contributed by atoms with van der Waals surface area (Å²) in [6.45, 7) is 0.605. The highest BCUT2D eigenvalue weighted by atomic mass is 16.5. The predicted octanol–water partition coefficient (Wildman–Crippen LogP) is 4.60. The largest absolute Gasteiger partial charge is 0.496 e. The molecule has 0 aliphatic rings. The molecular weight excluding hydrogens is 366 g/mol. The number of hydrogen-bond acceptors (Lipinski definition) is 5. The van der Waals surface area contributed by atoms with Crippen LogP contribution in [0.2, 0.25) is 0 Å². The number of hydrogen-bond donors (Lipinski definition) is 1. The third-order valence-electron chi connectivity index (χ3n) is 4.82. The average molecular weight is 393 g/mol. The molecular formula is C24H27NO4. The second-order valence-corrected chi connectivity index (χ2v) is 6.50. The molecule has 3 rings (SSSR count). The van der Waals surface area contributed by atoms with Crippen LogP contribution in [0.4, 0.5) is 0 Å². The van der Waals surface area contributed by atoms with Gasteiger partial charge in [-0.2, -0.15) is 0 Å². The van der Waals surface area contributed by atoms with Crippen molar-refractivity contribution in [1.29, 1.82) is 0 Å². The molecule has 0 saturated heterocycles. The molecule has 0 aliphatic heterocycles. The minimum Gasteiger partial charge on any atom is -0.496 e. The Morgan fingerprint density at radius 1 is 0.690 bits per heavy atom. The van der Waals surface area contributed by atoms with Crippen molar-refractivity contribution < 1.29 is 18.9 Å². The van der Waals surface area contributed by atoms with E-state index in [0.29, 0.717) is 23.8 Å². The van der Waals surface area contributed by atoms with Crippen molar-refractivity contribution in [3.63, 3.8) is 0 Å². The summed E-state index contributed by atoms with van der Waals surface area (Å²) in [5.41, 5.74) is 3.26. The quantitative estimate of drug-likeness (QED) is 0.576. The summed E-state index contributed by atoms with van der Waals surface area (Å²) in [4.78, 5) is 0. The first-order valence-corrected chi connectivity index (χ1v) is 9.42. The van der Waals surface area contributed by atoms with Gasteiger partial charge in [-0.05, 0) is 29.3 Å². The summed E-state index contributed by atoms with van der Waals surface area (Å²) in [5, 5.41) is 3.65. The molecule has 0 amide bonds. The van der Waals surface area contributed by atoms with E-state index in [1.807, 2.05) is 48.5 Å². The van der Waals surface area contributed by atoms with E-state index in [1.54, 1.807) is 28.4 Å². The average Bonchev–Trinajstić information content (AvgIpc) is 2.79. The van der Waals surface area contributed by atoms with Gasteiger partial charge in [-0.25, -0.2) is 0 Å². The van der Waals surface area contributed by atoms with Crippen molar-refractivity contribution >= 4 is 0 Å². The van der Waals surface area contributed by atoms with E-state index in [0.717, 1.165) is 22.4 Å². The van der Waals surface area contributed by atoms with Gasteiger partial charge < -0.3 is 24.3 Å². The summed E-state index contributed by atoms with van der Waals surface area (Å²) >= 11 is 0. The first-order valence-electron chi connectivity index (χ1n) is 9.42. The van der Waals surface area contributed by atoms with Gasteiger partial charge >= 0.3 is 0 Å². The number of ether oxygens (including phenoxy) is 4.